The molecule has 0 aliphatic rings. The van der Waals surface area contributed by atoms with E-state index in [1.54, 1.807) is 0 Å². The van der Waals surface area contributed by atoms with Crippen LogP contribution in [-0.2, 0) is 0 Å². The third-order valence-corrected chi connectivity index (χ3v) is 11.4. The van der Waals surface area contributed by atoms with E-state index in [1.165, 1.54) is 31.9 Å². The van der Waals surface area contributed by atoms with Gasteiger partial charge < -0.3 is 0 Å². The van der Waals surface area contributed by atoms with Crippen LogP contribution in [0.1, 0.15) is 33.6 Å². The molecule has 0 spiro atoms. The number of hydrogen-bond donors (Lipinski definition) is 0. The lowest BCUT2D eigenvalue weighted by molar-refractivity contribution is 0.958. The maximum Gasteiger partial charge on any atom is 0.176 e. The molecule has 30 heavy (non-hydrogen) atoms. The standard InChI is InChI=1S/C28H31ClSi/c1-23(2)14-13-15-24(3)28(22-29)30(25-16-7-4-8-17-25,26-18-9-5-10-19-26)27-20-11-6-12-21-27/h4-12,14,16-21H,13,15,22H2,1-3H3/b28-24-. The van der Waals surface area contributed by atoms with Crippen molar-refractivity contribution in [3.05, 3.63) is 113 Å². The quantitative estimate of drug-likeness (QED) is 0.178. The average molecular weight is 431 g/mol. The van der Waals surface area contributed by atoms with Crippen LogP contribution in [0.4, 0.5) is 0 Å². The number of hydrogen-bond acceptors (Lipinski definition) is 0. The number of allylic oxidation sites excluding steroid dienone is 4. The van der Waals surface area contributed by atoms with Crippen molar-refractivity contribution >= 4 is 35.2 Å². The molecule has 0 fully saturated rings. The summed E-state index contributed by atoms with van der Waals surface area (Å²) in [6, 6.07) is 33.0. The van der Waals surface area contributed by atoms with E-state index in [9.17, 15) is 0 Å². The number of alkyl halides is 1. The molecule has 0 atom stereocenters. The van der Waals surface area contributed by atoms with Crippen LogP contribution in [0.15, 0.2) is 113 Å². The Kier molecular flexibility index (Phi) is 7.90. The third-order valence-electron chi connectivity index (χ3n) is 5.79. The van der Waals surface area contributed by atoms with Gasteiger partial charge in [0.1, 0.15) is 0 Å². The van der Waals surface area contributed by atoms with Gasteiger partial charge in [0.05, 0.1) is 0 Å². The van der Waals surface area contributed by atoms with E-state index in [1.807, 2.05) is 0 Å². The normalized spacial score (nSPS) is 12.3. The van der Waals surface area contributed by atoms with E-state index < -0.39 is 8.07 Å². The van der Waals surface area contributed by atoms with Crippen molar-refractivity contribution < 1.29 is 0 Å². The highest BCUT2D eigenvalue weighted by Gasteiger charge is 2.43. The van der Waals surface area contributed by atoms with Crippen molar-refractivity contribution in [3.63, 3.8) is 0 Å². The fourth-order valence-corrected chi connectivity index (χ4v) is 10.3. The van der Waals surface area contributed by atoms with Gasteiger partial charge in [-0.1, -0.05) is 113 Å². The molecule has 0 saturated carbocycles. The molecule has 0 nitrogen and oxygen atoms in total. The topological polar surface area (TPSA) is 0 Å². The molecular formula is C28H31ClSi. The Morgan fingerprint density at radius 3 is 1.43 bits per heavy atom. The molecule has 0 heterocycles. The molecule has 0 amide bonds. The van der Waals surface area contributed by atoms with Crippen molar-refractivity contribution in [3.8, 4) is 0 Å². The summed E-state index contributed by atoms with van der Waals surface area (Å²) in [6.07, 6.45) is 4.41. The van der Waals surface area contributed by atoms with Gasteiger partial charge in [0.15, 0.2) is 8.07 Å². The van der Waals surface area contributed by atoms with Gasteiger partial charge in [-0.15, -0.1) is 11.6 Å². The summed E-state index contributed by atoms with van der Waals surface area (Å²) in [6.45, 7) is 6.62. The predicted octanol–water partition coefficient (Wildman–Crippen LogP) is 6.00. The van der Waals surface area contributed by atoms with Crippen LogP contribution >= 0.6 is 11.6 Å². The molecule has 0 bridgehead atoms. The Bertz CT molecular complexity index is 888. The lowest BCUT2D eigenvalue weighted by Gasteiger charge is -2.37. The SMILES string of the molecule is CC(C)=CCC/C(C)=C(/CCl)[Si](c1ccccc1)(c1ccccc1)c1ccccc1. The van der Waals surface area contributed by atoms with Crippen LogP contribution < -0.4 is 15.6 Å². The maximum absolute atomic E-state index is 6.80. The van der Waals surface area contributed by atoms with E-state index in [-0.39, 0.29) is 0 Å². The maximum atomic E-state index is 6.80. The fraction of sp³-hybridized carbons (Fsp3) is 0.214. The highest BCUT2D eigenvalue weighted by atomic mass is 35.5. The van der Waals surface area contributed by atoms with Crippen molar-refractivity contribution in [1.29, 1.82) is 0 Å². The van der Waals surface area contributed by atoms with E-state index in [2.05, 4.69) is 118 Å². The minimum Gasteiger partial charge on any atom is -0.122 e. The largest absolute Gasteiger partial charge is 0.176 e. The van der Waals surface area contributed by atoms with Crippen LogP contribution in [0.5, 0.6) is 0 Å². The lowest BCUT2D eigenvalue weighted by Crippen LogP contribution is -2.69. The minimum absolute atomic E-state index is 0.547. The fourth-order valence-electron chi connectivity index (χ4n) is 4.35. The Morgan fingerprint density at radius 1 is 0.700 bits per heavy atom. The second-order valence-electron chi connectivity index (χ2n) is 8.06. The molecule has 0 unspecified atom stereocenters. The van der Waals surface area contributed by atoms with Gasteiger partial charge in [0.25, 0.3) is 0 Å². The van der Waals surface area contributed by atoms with Gasteiger partial charge in [-0.25, -0.2) is 0 Å². The van der Waals surface area contributed by atoms with Crippen molar-refractivity contribution in [1.82, 2.24) is 0 Å². The second-order valence-corrected chi connectivity index (χ2v) is 12.2. The van der Waals surface area contributed by atoms with Crippen LogP contribution in [0.3, 0.4) is 0 Å². The molecule has 0 aliphatic carbocycles. The monoisotopic (exact) mass is 430 g/mol. The summed E-state index contributed by atoms with van der Waals surface area (Å²) in [5.41, 5.74) is 2.79. The molecule has 3 rings (SSSR count). The van der Waals surface area contributed by atoms with Crippen molar-refractivity contribution in [2.24, 2.45) is 0 Å². The van der Waals surface area contributed by atoms with Crippen molar-refractivity contribution in [2.75, 3.05) is 5.88 Å². The highest BCUT2D eigenvalue weighted by molar-refractivity contribution is 7.16. The van der Waals surface area contributed by atoms with Gasteiger partial charge >= 0.3 is 0 Å². The summed E-state index contributed by atoms with van der Waals surface area (Å²) in [7, 11) is -2.47. The number of rotatable bonds is 8. The van der Waals surface area contributed by atoms with E-state index >= 15 is 0 Å². The molecule has 0 saturated heterocycles. The highest BCUT2D eigenvalue weighted by Crippen LogP contribution is 2.24. The first-order valence-electron chi connectivity index (χ1n) is 10.7. The predicted molar refractivity (Wildman–Crippen MR) is 136 cm³/mol. The van der Waals surface area contributed by atoms with Crippen LogP contribution in [0, 0.1) is 0 Å². The summed E-state index contributed by atoms with van der Waals surface area (Å²) in [5.74, 6) is 0.547. The van der Waals surface area contributed by atoms with E-state index in [0.717, 1.165) is 12.8 Å². The molecular weight excluding hydrogens is 400 g/mol. The average Bonchev–Trinajstić information content (AvgIpc) is 2.79. The van der Waals surface area contributed by atoms with E-state index in [4.69, 9.17) is 11.6 Å². The Hall–Kier alpha value is -2.35. The first-order chi connectivity index (χ1) is 14.6. The zero-order valence-electron chi connectivity index (χ0n) is 18.2. The van der Waals surface area contributed by atoms with Gasteiger partial charge in [-0.2, -0.15) is 0 Å². The molecule has 0 N–H and O–H groups in total. The summed E-state index contributed by atoms with van der Waals surface area (Å²) in [4.78, 5) is 0. The van der Waals surface area contributed by atoms with Crippen LogP contribution in [0.2, 0.25) is 0 Å². The van der Waals surface area contributed by atoms with Gasteiger partial charge in [-0.3, -0.25) is 0 Å². The van der Waals surface area contributed by atoms with E-state index in [0.29, 0.717) is 5.88 Å². The summed E-state index contributed by atoms with van der Waals surface area (Å²) in [5, 5.41) is 5.58. The Morgan fingerprint density at radius 2 is 1.10 bits per heavy atom. The first-order valence-corrected chi connectivity index (χ1v) is 13.2. The molecule has 3 aromatic carbocycles. The van der Waals surface area contributed by atoms with Crippen molar-refractivity contribution in [2.45, 2.75) is 33.6 Å². The molecule has 3 aromatic rings. The third kappa shape index (κ3) is 4.69. The molecule has 154 valence electrons. The molecule has 2 heteroatoms. The number of benzene rings is 3. The summed E-state index contributed by atoms with van der Waals surface area (Å²) >= 11 is 6.80. The van der Waals surface area contributed by atoms with Gasteiger partial charge in [0, 0.05) is 5.88 Å². The van der Waals surface area contributed by atoms with Crippen LogP contribution in [-0.4, -0.2) is 14.0 Å². The van der Waals surface area contributed by atoms with Crippen LogP contribution in [0.25, 0.3) is 0 Å². The smallest absolute Gasteiger partial charge is 0.122 e. The molecule has 0 radical (unpaired) electrons. The minimum atomic E-state index is -2.47. The molecule has 0 aliphatic heterocycles. The summed E-state index contributed by atoms with van der Waals surface area (Å²) < 4.78 is 0. The van der Waals surface area contributed by atoms with Gasteiger partial charge in [-0.05, 0) is 49.2 Å². The number of halogens is 1. The molecule has 0 aromatic heterocycles. The van der Waals surface area contributed by atoms with Gasteiger partial charge in [0.2, 0.25) is 0 Å². The Balaban J connectivity index is 2.34. The Labute approximate surface area is 188 Å². The zero-order chi connectivity index (χ0) is 21.4. The zero-order valence-corrected chi connectivity index (χ0v) is 20.0. The first kappa shape index (κ1) is 22.3. The lowest BCUT2D eigenvalue weighted by atomic mass is 10.1. The second kappa shape index (κ2) is 10.6.